The number of rotatable bonds is 4. The van der Waals surface area contributed by atoms with Crippen LogP contribution in [0.4, 0.5) is 10.7 Å². The van der Waals surface area contributed by atoms with Crippen molar-refractivity contribution in [1.82, 2.24) is 9.55 Å². The highest BCUT2D eigenvalue weighted by Crippen LogP contribution is 2.16. The van der Waals surface area contributed by atoms with Crippen LogP contribution in [0.25, 0.3) is 0 Å². The number of hydrogen-bond acceptors (Lipinski definition) is 5. The molecule has 8 nitrogen and oxygen atoms in total. The van der Waals surface area contributed by atoms with E-state index in [2.05, 4.69) is 16.3 Å². The second kappa shape index (κ2) is 5.19. The van der Waals surface area contributed by atoms with E-state index >= 15 is 0 Å². The Kier molecular flexibility index (Phi) is 4.09. The molecule has 0 unspecified atom stereocenters. The fraction of sp³-hybridized carbons (Fsp3) is 0.333. The first-order chi connectivity index (χ1) is 8.29. The lowest BCUT2D eigenvalue weighted by Gasteiger charge is -2.18. The molecule has 0 fully saturated rings. The van der Waals surface area contributed by atoms with E-state index in [0.29, 0.717) is 10.00 Å². The molecule has 0 aromatic carbocycles. The number of hydrogen-bond donors (Lipinski definition) is 1. The van der Waals surface area contributed by atoms with E-state index in [1.165, 1.54) is 16.8 Å². The number of imidazole rings is 1. The lowest BCUT2D eigenvalue weighted by molar-refractivity contribution is 0.170. The van der Waals surface area contributed by atoms with Crippen molar-refractivity contribution in [3.05, 3.63) is 24.5 Å². The molecule has 100 valence electrons. The number of aromatic nitrogens is 2. The first kappa shape index (κ1) is 14.2. The molecule has 0 aliphatic carbocycles. The van der Waals surface area contributed by atoms with Crippen molar-refractivity contribution < 1.29 is 17.9 Å². The molecule has 0 bridgehead atoms. The lowest BCUT2D eigenvalue weighted by Crippen LogP contribution is -2.43. The molecule has 0 saturated carbocycles. The SMILES string of the molecule is C=CCOC(=O)N(c1ncc(C)n1C)S(N)(=O)=O. The summed E-state index contributed by atoms with van der Waals surface area (Å²) in [5.41, 5.74) is 0.662. The molecule has 1 aromatic rings. The normalized spacial score (nSPS) is 11.1. The summed E-state index contributed by atoms with van der Waals surface area (Å²) in [5, 5.41) is 4.98. The van der Waals surface area contributed by atoms with E-state index < -0.39 is 16.3 Å². The quantitative estimate of drug-likeness (QED) is 0.781. The van der Waals surface area contributed by atoms with Gasteiger partial charge in [-0.3, -0.25) is 0 Å². The van der Waals surface area contributed by atoms with Crippen molar-refractivity contribution in [2.24, 2.45) is 12.2 Å². The van der Waals surface area contributed by atoms with Crippen LogP contribution in [0, 0.1) is 6.92 Å². The van der Waals surface area contributed by atoms with E-state index in [0.717, 1.165) is 0 Å². The molecule has 2 N–H and O–H groups in total. The topological polar surface area (TPSA) is 108 Å². The largest absolute Gasteiger partial charge is 0.444 e. The Morgan fingerprint density at radius 3 is 2.72 bits per heavy atom. The van der Waals surface area contributed by atoms with Crippen LogP contribution >= 0.6 is 0 Å². The zero-order chi connectivity index (χ0) is 13.9. The maximum atomic E-state index is 11.7. The van der Waals surface area contributed by atoms with E-state index in [9.17, 15) is 13.2 Å². The van der Waals surface area contributed by atoms with Crippen LogP contribution in [-0.4, -0.2) is 30.7 Å². The minimum atomic E-state index is -4.32. The van der Waals surface area contributed by atoms with Crippen molar-refractivity contribution in [2.75, 3.05) is 10.9 Å². The first-order valence-corrected chi connectivity index (χ1v) is 6.38. The monoisotopic (exact) mass is 274 g/mol. The standard InChI is InChI=1S/C9H14N4O4S/c1-4-5-17-9(14)13(18(10,15)16)8-11-6-7(2)12(8)3/h4,6H,1,5H2,2-3H3,(H2,10,15,16). The van der Waals surface area contributed by atoms with Crippen molar-refractivity contribution in [3.63, 3.8) is 0 Å². The van der Waals surface area contributed by atoms with Gasteiger partial charge < -0.3 is 9.30 Å². The summed E-state index contributed by atoms with van der Waals surface area (Å²) in [6.45, 7) is 4.92. The van der Waals surface area contributed by atoms with Crippen LogP contribution in [0.5, 0.6) is 0 Å². The molecule has 0 aliphatic heterocycles. The summed E-state index contributed by atoms with van der Waals surface area (Å²) in [6, 6.07) is 0. The summed E-state index contributed by atoms with van der Waals surface area (Å²) < 4.78 is 29.2. The number of anilines is 1. The second-order valence-electron chi connectivity index (χ2n) is 3.43. The third-order valence-electron chi connectivity index (χ3n) is 2.12. The van der Waals surface area contributed by atoms with Crippen LogP contribution in [-0.2, 0) is 22.0 Å². The molecule has 1 heterocycles. The van der Waals surface area contributed by atoms with Gasteiger partial charge >= 0.3 is 16.3 Å². The van der Waals surface area contributed by atoms with Gasteiger partial charge in [-0.25, -0.2) is 14.9 Å². The molecule has 1 rings (SSSR count). The van der Waals surface area contributed by atoms with Gasteiger partial charge in [-0.2, -0.15) is 8.42 Å². The number of nitrogens with zero attached hydrogens (tertiary/aromatic N) is 3. The molecule has 0 spiro atoms. The highest BCUT2D eigenvalue weighted by Gasteiger charge is 2.31. The number of nitrogens with two attached hydrogens (primary N) is 1. The average Bonchev–Trinajstić information content (AvgIpc) is 2.57. The highest BCUT2D eigenvalue weighted by atomic mass is 32.2. The van der Waals surface area contributed by atoms with Gasteiger partial charge in [-0.1, -0.05) is 12.7 Å². The predicted octanol–water partition coefficient (Wildman–Crippen LogP) is 0.0610. The molecule has 18 heavy (non-hydrogen) atoms. The predicted molar refractivity (Wildman–Crippen MR) is 65.1 cm³/mol. The number of carbonyl (C=O) groups is 1. The van der Waals surface area contributed by atoms with Crippen LogP contribution in [0.2, 0.25) is 0 Å². The van der Waals surface area contributed by atoms with E-state index in [1.807, 2.05) is 0 Å². The molecule has 0 radical (unpaired) electrons. The Balaban J connectivity index is 3.19. The Morgan fingerprint density at radius 1 is 1.72 bits per heavy atom. The maximum Gasteiger partial charge on any atom is 0.432 e. The maximum absolute atomic E-state index is 11.7. The van der Waals surface area contributed by atoms with E-state index in [-0.39, 0.29) is 12.6 Å². The van der Waals surface area contributed by atoms with Crippen molar-refractivity contribution in [3.8, 4) is 0 Å². The Labute approximate surface area is 105 Å². The van der Waals surface area contributed by atoms with Gasteiger partial charge in [0.15, 0.2) is 0 Å². The zero-order valence-electron chi connectivity index (χ0n) is 10.0. The zero-order valence-corrected chi connectivity index (χ0v) is 10.8. The number of carbonyl (C=O) groups excluding carboxylic acids is 1. The summed E-state index contributed by atoms with van der Waals surface area (Å²) in [4.78, 5) is 15.5. The van der Waals surface area contributed by atoms with Gasteiger partial charge in [0.25, 0.3) is 0 Å². The van der Waals surface area contributed by atoms with Crippen LogP contribution in [0.15, 0.2) is 18.9 Å². The first-order valence-electron chi connectivity index (χ1n) is 4.88. The Morgan fingerprint density at radius 2 is 2.33 bits per heavy atom. The summed E-state index contributed by atoms with van der Waals surface area (Å²) in [5.74, 6) is -0.135. The molecular weight excluding hydrogens is 260 g/mol. The van der Waals surface area contributed by atoms with Gasteiger partial charge in [0.1, 0.15) is 6.61 Å². The molecule has 0 atom stereocenters. The summed E-state index contributed by atoms with van der Waals surface area (Å²) in [7, 11) is -2.76. The van der Waals surface area contributed by atoms with Crippen molar-refractivity contribution >= 4 is 22.3 Å². The van der Waals surface area contributed by atoms with Gasteiger partial charge in [-0.15, -0.1) is 4.31 Å². The van der Waals surface area contributed by atoms with Crippen molar-refractivity contribution in [2.45, 2.75) is 6.92 Å². The highest BCUT2D eigenvalue weighted by molar-refractivity contribution is 7.91. The molecule has 0 saturated heterocycles. The van der Waals surface area contributed by atoms with Gasteiger partial charge in [0.2, 0.25) is 5.95 Å². The number of amides is 1. The minimum Gasteiger partial charge on any atom is -0.444 e. The smallest absolute Gasteiger partial charge is 0.432 e. The van der Waals surface area contributed by atoms with Crippen LogP contribution in [0.3, 0.4) is 0 Å². The van der Waals surface area contributed by atoms with Gasteiger partial charge in [-0.05, 0) is 6.92 Å². The molecule has 1 aromatic heterocycles. The van der Waals surface area contributed by atoms with E-state index in [4.69, 9.17) is 5.14 Å². The number of ether oxygens (including phenoxy) is 1. The molecule has 1 amide bonds. The number of aryl methyl sites for hydroxylation is 1. The Hall–Kier alpha value is -1.87. The fourth-order valence-corrected chi connectivity index (χ4v) is 1.82. The van der Waals surface area contributed by atoms with E-state index in [1.54, 1.807) is 14.0 Å². The van der Waals surface area contributed by atoms with Crippen LogP contribution < -0.4 is 9.44 Å². The molecule has 0 aliphatic rings. The third-order valence-corrected chi connectivity index (χ3v) is 2.94. The second-order valence-corrected chi connectivity index (χ2v) is 4.83. The fourth-order valence-electron chi connectivity index (χ4n) is 1.16. The average molecular weight is 274 g/mol. The minimum absolute atomic E-state index is 0.131. The molecule has 9 heteroatoms. The van der Waals surface area contributed by atoms with Crippen LogP contribution in [0.1, 0.15) is 5.69 Å². The Bertz CT molecular complexity index is 563. The summed E-state index contributed by atoms with van der Waals surface area (Å²) in [6.07, 6.45) is 1.59. The molecular formula is C9H14N4O4S. The van der Waals surface area contributed by atoms with Gasteiger partial charge in [0, 0.05) is 12.7 Å². The summed E-state index contributed by atoms with van der Waals surface area (Å²) >= 11 is 0. The lowest BCUT2D eigenvalue weighted by atomic mass is 10.5. The van der Waals surface area contributed by atoms with Crippen molar-refractivity contribution in [1.29, 1.82) is 0 Å². The van der Waals surface area contributed by atoms with Gasteiger partial charge in [0.05, 0.1) is 6.20 Å². The third kappa shape index (κ3) is 2.87.